The van der Waals surface area contributed by atoms with Crippen LogP contribution >= 0.6 is 12.4 Å². The van der Waals surface area contributed by atoms with E-state index >= 15 is 0 Å². The number of para-hydroxylation sites is 1. The molecule has 9 heteroatoms. The van der Waals surface area contributed by atoms with Gasteiger partial charge >= 0.3 is 0 Å². The van der Waals surface area contributed by atoms with Crippen LogP contribution in [0.5, 0.6) is 0 Å². The second kappa shape index (κ2) is 8.66. The Labute approximate surface area is 148 Å². The van der Waals surface area contributed by atoms with Crippen LogP contribution in [-0.2, 0) is 19.6 Å². The third-order valence-electron chi connectivity index (χ3n) is 3.74. The molecule has 3 atom stereocenters. The van der Waals surface area contributed by atoms with Gasteiger partial charge in [-0.2, -0.15) is 0 Å². The molecule has 1 heterocycles. The summed E-state index contributed by atoms with van der Waals surface area (Å²) in [7, 11) is -3.39. The Balaban J connectivity index is 0.00000288. The molecule has 1 aromatic rings. The number of hydrogen-bond donors (Lipinski definition) is 3. The van der Waals surface area contributed by atoms with E-state index in [1.165, 1.54) is 0 Å². The van der Waals surface area contributed by atoms with Crippen molar-refractivity contribution in [2.75, 3.05) is 17.5 Å². The van der Waals surface area contributed by atoms with Gasteiger partial charge < -0.3 is 15.8 Å². The number of hydrogen-bond acceptors (Lipinski definition) is 5. The Morgan fingerprint density at radius 1 is 1.38 bits per heavy atom. The van der Waals surface area contributed by atoms with Crippen molar-refractivity contribution < 1.29 is 17.9 Å². The Kier molecular flexibility index (Phi) is 7.47. The van der Waals surface area contributed by atoms with E-state index in [0.717, 1.165) is 12.7 Å². The molecule has 0 aromatic heterocycles. The Morgan fingerprint density at radius 2 is 2.04 bits per heavy atom. The first-order chi connectivity index (χ1) is 10.8. The largest absolute Gasteiger partial charge is 0.364 e. The molecular formula is C15H24ClN3O4S. The maximum atomic E-state index is 12.3. The number of halogens is 1. The minimum atomic E-state index is -3.39. The van der Waals surface area contributed by atoms with Crippen molar-refractivity contribution in [2.24, 2.45) is 5.73 Å². The number of rotatable bonds is 6. The summed E-state index contributed by atoms with van der Waals surface area (Å²) in [6.45, 7) is 2.20. The third kappa shape index (κ3) is 5.62. The maximum Gasteiger partial charge on any atom is 0.249 e. The van der Waals surface area contributed by atoms with Crippen molar-refractivity contribution in [3.05, 3.63) is 29.8 Å². The molecule has 1 aliphatic heterocycles. The quantitative estimate of drug-likeness (QED) is 0.689. The van der Waals surface area contributed by atoms with Gasteiger partial charge in [0.25, 0.3) is 0 Å². The smallest absolute Gasteiger partial charge is 0.249 e. The predicted octanol–water partition coefficient (Wildman–Crippen LogP) is 1.16. The minimum absolute atomic E-state index is 0. The summed E-state index contributed by atoms with van der Waals surface area (Å²) >= 11 is 0. The molecule has 1 aromatic carbocycles. The summed E-state index contributed by atoms with van der Waals surface area (Å²) in [5.74, 6) is -0.206. The molecule has 4 N–H and O–H groups in total. The van der Waals surface area contributed by atoms with Crippen LogP contribution in [0.25, 0.3) is 0 Å². The number of carbonyl (C=O) groups is 1. The number of sulfonamides is 1. The van der Waals surface area contributed by atoms with Crippen molar-refractivity contribution in [2.45, 2.75) is 38.0 Å². The molecule has 0 saturated carbocycles. The van der Waals surface area contributed by atoms with Gasteiger partial charge in [0, 0.05) is 6.54 Å². The van der Waals surface area contributed by atoms with Crippen molar-refractivity contribution in [1.29, 1.82) is 0 Å². The normalized spacial score (nSPS) is 21.6. The van der Waals surface area contributed by atoms with Crippen molar-refractivity contribution in [3.8, 4) is 0 Å². The average Bonchev–Trinajstić information content (AvgIpc) is 2.95. The lowest BCUT2D eigenvalue weighted by Gasteiger charge is -2.20. The number of amides is 1. The van der Waals surface area contributed by atoms with Crippen LogP contribution in [0.3, 0.4) is 0 Å². The molecule has 0 radical (unpaired) electrons. The summed E-state index contributed by atoms with van der Waals surface area (Å²) in [6.07, 6.45) is 1.94. The van der Waals surface area contributed by atoms with Gasteiger partial charge in [0.2, 0.25) is 15.9 Å². The van der Waals surface area contributed by atoms with Crippen LogP contribution in [0.1, 0.15) is 31.4 Å². The van der Waals surface area contributed by atoms with E-state index in [1.807, 2.05) is 0 Å². The molecule has 24 heavy (non-hydrogen) atoms. The molecule has 1 amide bonds. The molecule has 1 unspecified atom stereocenters. The van der Waals surface area contributed by atoms with E-state index < -0.39 is 16.1 Å². The lowest BCUT2D eigenvalue weighted by molar-refractivity contribution is -0.132. The van der Waals surface area contributed by atoms with Crippen molar-refractivity contribution >= 4 is 34.0 Å². The Hall–Kier alpha value is -1.35. The average molecular weight is 378 g/mol. The number of nitrogens with two attached hydrogens (primary N) is 1. The lowest BCUT2D eigenvalue weighted by atomic mass is 10.1. The second-order valence-corrected chi connectivity index (χ2v) is 7.50. The highest BCUT2D eigenvalue weighted by Crippen LogP contribution is 2.25. The summed E-state index contributed by atoms with van der Waals surface area (Å²) in [5.41, 5.74) is 6.69. The van der Waals surface area contributed by atoms with E-state index in [9.17, 15) is 13.2 Å². The molecule has 0 bridgehead atoms. The van der Waals surface area contributed by atoms with E-state index in [-0.39, 0.29) is 30.5 Å². The molecule has 1 saturated heterocycles. The van der Waals surface area contributed by atoms with Gasteiger partial charge in [-0.05, 0) is 31.4 Å². The van der Waals surface area contributed by atoms with Crippen molar-refractivity contribution in [3.63, 3.8) is 0 Å². The Morgan fingerprint density at radius 3 is 2.62 bits per heavy atom. The van der Waals surface area contributed by atoms with Gasteiger partial charge in [-0.3, -0.25) is 9.52 Å². The first-order valence-corrected chi connectivity index (χ1v) is 9.42. The van der Waals surface area contributed by atoms with Gasteiger partial charge in [-0.1, -0.05) is 18.2 Å². The highest BCUT2D eigenvalue weighted by atomic mass is 35.5. The predicted molar refractivity (Wildman–Crippen MR) is 95.7 cm³/mol. The highest BCUT2D eigenvalue weighted by Gasteiger charge is 2.30. The monoisotopic (exact) mass is 377 g/mol. The van der Waals surface area contributed by atoms with Crippen molar-refractivity contribution in [1.82, 2.24) is 5.32 Å². The number of carbonyl (C=O) groups excluding carboxylic acids is 1. The fourth-order valence-electron chi connectivity index (χ4n) is 2.62. The number of anilines is 1. The van der Waals surface area contributed by atoms with Gasteiger partial charge in [0.05, 0.1) is 24.1 Å². The van der Waals surface area contributed by atoms with E-state index in [2.05, 4.69) is 10.0 Å². The fraction of sp³-hybridized carbons (Fsp3) is 0.533. The standard InChI is InChI=1S/C15H23N3O4S.ClH/c1-10(17-15(19)14-8-7-11(9-16)22-14)12-5-3-4-6-13(12)18-23(2,20)21;/h3-6,10-11,14,18H,7-9,16H2,1-2H3,(H,17,19);1H/t10?,11-,14+;/m1./s1. The topological polar surface area (TPSA) is 111 Å². The number of benzene rings is 1. The molecule has 1 aliphatic rings. The van der Waals surface area contributed by atoms with Crippen LogP contribution in [0.15, 0.2) is 24.3 Å². The highest BCUT2D eigenvalue weighted by molar-refractivity contribution is 7.92. The molecule has 7 nitrogen and oxygen atoms in total. The molecule has 0 spiro atoms. The zero-order valence-electron chi connectivity index (χ0n) is 13.7. The first kappa shape index (κ1) is 20.7. The first-order valence-electron chi connectivity index (χ1n) is 7.52. The van der Waals surface area contributed by atoms with Crippen LogP contribution in [-0.4, -0.2) is 39.3 Å². The summed E-state index contributed by atoms with van der Waals surface area (Å²) in [4.78, 5) is 12.3. The van der Waals surface area contributed by atoms with Crippen LogP contribution < -0.4 is 15.8 Å². The molecular weight excluding hydrogens is 354 g/mol. The summed E-state index contributed by atoms with van der Waals surface area (Å²) < 4.78 is 30.9. The zero-order chi connectivity index (χ0) is 17.0. The molecule has 2 rings (SSSR count). The van der Waals surface area contributed by atoms with Gasteiger partial charge in [0.1, 0.15) is 6.10 Å². The van der Waals surface area contributed by atoms with Crippen LogP contribution in [0.2, 0.25) is 0 Å². The summed E-state index contributed by atoms with van der Waals surface area (Å²) in [5, 5.41) is 2.87. The van der Waals surface area contributed by atoms with Gasteiger partial charge in [0.15, 0.2) is 0 Å². The van der Waals surface area contributed by atoms with E-state index in [0.29, 0.717) is 24.2 Å². The fourth-order valence-corrected chi connectivity index (χ4v) is 3.21. The second-order valence-electron chi connectivity index (χ2n) is 5.75. The number of nitrogens with one attached hydrogen (secondary N) is 2. The molecule has 1 fully saturated rings. The van der Waals surface area contributed by atoms with E-state index in [1.54, 1.807) is 31.2 Å². The van der Waals surface area contributed by atoms with Gasteiger partial charge in [-0.15, -0.1) is 12.4 Å². The minimum Gasteiger partial charge on any atom is -0.364 e. The summed E-state index contributed by atoms with van der Waals surface area (Å²) in [6, 6.07) is 6.61. The maximum absolute atomic E-state index is 12.3. The number of ether oxygens (including phenoxy) is 1. The van der Waals surface area contributed by atoms with Gasteiger partial charge in [-0.25, -0.2) is 8.42 Å². The molecule has 136 valence electrons. The van der Waals surface area contributed by atoms with E-state index in [4.69, 9.17) is 10.5 Å². The lowest BCUT2D eigenvalue weighted by Crippen LogP contribution is -2.37. The Bertz CT molecular complexity index is 668. The zero-order valence-corrected chi connectivity index (χ0v) is 15.3. The molecule has 0 aliphatic carbocycles. The van der Waals surface area contributed by atoms with Crippen LogP contribution in [0, 0.1) is 0 Å². The third-order valence-corrected chi connectivity index (χ3v) is 4.33. The van der Waals surface area contributed by atoms with Crippen LogP contribution in [0.4, 0.5) is 5.69 Å². The SMILES string of the molecule is CC(NC(=O)[C@@H]1CC[C@H](CN)O1)c1ccccc1NS(C)(=O)=O.Cl.